The third kappa shape index (κ3) is 3.85. The van der Waals surface area contributed by atoms with E-state index in [1.165, 1.54) is 0 Å². The van der Waals surface area contributed by atoms with Crippen molar-refractivity contribution in [2.24, 2.45) is 5.41 Å². The molecule has 3 aromatic rings. The van der Waals surface area contributed by atoms with Crippen molar-refractivity contribution in [2.75, 3.05) is 12.4 Å². The zero-order chi connectivity index (χ0) is 18.9. The third-order valence-electron chi connectivity index (χ3n) is 3.92. The number of ether oxygens (including phenoxy) is 1. The number of imidazole rings is 1. The van der Waals surface area contributed by atoms with E-state index in [2.05, 4.69) is 15.3 Å². The number of amides is 1. The molecule has 0 saturated heterocycles. The Kier molecular flexibility index (Phi) is 4.68. The van der Waals surface area contributed by atoms with Crippen molar-refractivity contribution in [1.82, 2.24) is 14.5 Å². The van der Waals surface area contributed by atoms with Crippen LogP contribution in [0.2, 0.25) is 0 Å². The second-order valence-electron chi connectivity index (χ2n) is 7.55. The van der Waals surface area contributed by atoms with Gasteiger partial charge in [0.25, 0.3) is 0 Å². The van der Waals surface area contributed by atoms with Gasteiger partial charge in [0.1, 0.15) is 11.3 Å². The van der Waals surface area contributed by atoms with Crippen LogP contribution in [0.4, 0.5) is 5.95 Å². The molecule has 136 valence electrons. The van der Waals surface area contributed by atoms with E-state index >= 15 is 0 Å². The van der Waals surface area contributed by atoms with Gasteiger partial charge in [-0.1, -0.05) is 20.8 Å². The lowest BCUT2D eigenvalue weighted by Crippen LogP contribution is -2.21. The van der Waals surface area contributed by atoms with Gasteiger partial charge in [0, 0.05) is 12.1 Å². The standard InChI is InChI=1S/C20H24N4O2/c1-13-6-11-16-18(21-13)24(14-7-9-15(26-5)10-8-14)19(22-16)23-17(25)12-20(2,3)4/h6-11H,12H2,1-5H3,(H,22,23,25). The third-order valence-corrected chi connectivity index (χ3v) is 3.92. The summed E-state index contributed by atoms with van der Waals surface area (Å²) in [6.07, 6.45) is 0.408. The molecule has 0 aliphatic heterocycles. The summed E-state index contributed by atoms with van der Waals surface area (Å²) in [6.45, 7) is 8.03. The number of pyridine rings is 1. The largest absolute Gasteiger partial charge is 0.497 e. The number of nitrogens with one attached hydrogen (secondary N) is 1. The number of carbonyl (C=O) groups is 1. The summed E-state index contributed by atoms with van der Waals surface area (Å²) in [5, 5.41) is 2.94. The average molecular weight is 352 g/mol. The molecule has 0 radical (unpaired) electrons. The summed E-state index contributed by atoms with van der Waals surface area (Å²) in [6, 6.07) is 11.4. The normalized spacial score (nSPS) is 11.6. The Bertz CT molecular complexity index is 937. The van der Waals surface area contributed by atoms with E-state index in [1.807, 2.05) is 68.7 Å². The van der Waals surface area contributed by atoms with Crippen molar-refractivity contribution in [3.05, 3.63) is 42.1 Å². The van der Waals surface area contributed by atoms with Gasteiger partial charge in [-0.25, -0.2) is 9.97 Å². The molecule has 0 aliphatic carbocycles. The van der Waals surface area contributed by atoms with Crippen LogP contribution in [0.5, 0.6) is 5.75 Å². The fourth-order valence-corrected chi connectivity index (χ4v) is 2.76. The van der Waals surface area contributed by atoms with Crippen LogP contribution in [0, 0.1) is 12.3 Å². The number of fused-ring (bicyclic) bond motifs is 1. The van der Waals surface area contributed by atoms with Gasteiger partial charge >= 0.3 is 0 Å². The molecule has 1 aromatic carbocycles. The van der Waals surface area contributed by atoms with Crippen LogP contribution < -0.4 is 10.1 Å². The molecule has 1 amide bonds. The summed E-state index contributed by atoms with van der Waals surface area (Å²) in [4.78, 5) is 21.6. The molecule has 2 heterocycles. The van der Waals surface area contributed by atoms with Gasteiger partial charge in [0.15, 0.2) is 5.65 Å². The molecule has 0 saturated carbocycles. The smallest absolute Gasteiger partial charge is 0.227 e. The number of hydrogen-bond donors (Lipinski definition) is 1. The molecule has 3 rings (SSSR count). The first-order chi connectivity index (χ1) is 12.3. The van der Waals surface area contributed by atoms with E-state index in [-0.39, 0.29) is 11.3 Å². The van der Waals surface area contributed by atoms with Gasteiger partial charge < -0.3 is 4.74 Å². The lowest BCUT2D eigenvalue weighted by Gasteiger charge is -2.17. The first-order valence-electron chi connectivity index (χ1n) is 8.57. The lowest BCUT2D eigenvalue weighted by atomic mass is 9.92. The Hall–Kier alpha value is -2.89. The van der Waals surface area contributed by atoms with E-state index < -0.39 is 0 Å². The van der Waals surface area contributed by atoms with Crippen molar-refractivity contribution >= 4 is 23.0 Å². The average Bonchev–Trinajstić information content (AvgIpc) is 2.90. The number of rotatable bonds is 4. The maximum Gasteiger partial charge on any atom is 0.227 e. The molecule has 0 spiro atoms. The maximum absolute atomic E-state index is 12.5. The minimum atomic E-state index is -0.101. The Morgan fingerprint density at radius 2 is 1.81 bits per heavy atom. The molecule has 0 atom stereocenters. The second kappa shape index (κ2) is 6.78. The molecular weight excluding hydrogens is 328 g/mol. The van der Waals surface area contributed by atoms with Gasteiger partial charge in [-0.15, -0.1) is 0 Å². The van der Waals surface area contributed by atoms with Crippen molar-refractivity contribution in [1.29, 1.82) is 0 Å². The van der Waals surface area contributed by atoms with E-state index in [9.17, 15) is 4.79 Å². The number of carbonyl (C=O) groups excluding carboxylic acids is 1. The summed E-state index contributed by atoms with van der Waals surface area (Å²) in [5.74, 6) is 1.16. The van der Waals surface area contributed by atoms with Crippen LogP contribution >= 0.6 is 0 Å². The molecule has 1 N–H and O–H groups in total. The van der Waals surface area contributed by atoms with Crippen LogP contribution in [-0.2, 0) is 4.79 Å². The summed E-state index contributed by atoms with van der Waals surface area (Å²) < 4.78 is 7.10. The number of methoxy groups -OCH3 is 1. The SMILES string of the molecule is COc1ccc(-n2c(NC(=O)CC(C)(C)C)nc3ccc(C)nc32)cc1. The quantitative estimate of drug-likeness (QED) is 0.767. The molecule has 0 unspecified atom stereocenters. The van der Waals surface area contributed by atoms with Crippen molar-refractivity contribution < 1.29 is 9.53 Å². The molecule has 0 bridgehead atoms. The van der Waals surface area contributed by atoms with Crippen molar-refractivity contribution in [3.63, 3.8) is 0 Å². The summed E-state index contributed by atoms with van der Waals surface area (Å²) in [7, 11) is 1.63. The summed E-state index contributed by atoms with van der Waals surface area (Å²) in [5.41, 5.74) is 3.09. The predicted molar refractivity (Wildman–Crippen MR) is 103 cm³/mol. The zero-order valence-corrected chi connectivity index (χ0v) is 15.8. The van der Waals surface area contributed by atoms with Gasteiger partial charge in [0.05, 0.1) is 12.8 Å². The molecular formula is C20H24N4O2. The first kappa shape index (κ1) is 17.9. The molecule has 2 aromatic heterocycles. The number of anilines is 1. The first-order valence-corrected chi connectivity index (χ1v) is 8.57. The highest BCUT2D eigenvalue weighted by atomic mass is 16.5. The molecule has 6 heteroatoms. The monoisotopic (exact) mass is 352 g/mol. The highest BCUT2D eigenvalue weighted by molar-refractivity contribution is 5.92. The number of aromatic nitrogens is 3. The van der Waals surface area contributed by atoms with Crippen LogP contribution in [-0.4, -0.2) is 27.6 Å². The summed E-state index contributed by atoms with van der Waals surface area (Å²) >= 11 is 0. The Balaban J connectivity index is 2.08. The number of benzene rings is 1. The van der Waals surface area contributed by atoms with Gasteiger partial charge in [-0.3, -0.25) is 14.7 Å². The second-order valence-corrected chi connectivity index (χ2v) is 7.55. The van der Waals surface area contributed by atoms with E-state index in [0.717, 1.165) is 22.6 Å². The van der Waals surface area contributed by atoms with Gasteiger partial charge in [0.2, 0.25) is 11.9 Å². The van der Waals surface area contributed by atoms with E-state index in [4.69, 9.17) is 4.74 Å². The fraction of sp³-hybridized carbons (Fsp3) is 0.350. The zero-order valence-electron chi connectivity index (χ0n) is 15.8. The molecule has 26 heavy (non-hydrogen) atoms. The Morgan fingerprint density at radius 3 is 2.42 bits per heavy atom. The van der Waals surface area contributed by atoms with E-state index in [0.29, 0.717) is 18.0 Å². The topological polar surface area (TPSA) is 69.0 Å². The minimum Gasteiger partial charge on any atom is -0.497 e. The van der Waals surface area contributed by atoms with Crippen LogP contribution in [0.15, 0.2) is 36.4 Å². The number of aryl methyl sites for hydroxylation is 1. The Labute approximate surface area is 153 Å². The van der Waals surface area contributed by atoms with Crippen LogP contribution in [0.1, 0.15) is 32.9 Å². The highest BCUT2D eigenvalue weighted by Crippen LogP contribution is 2.26. The van der Waals surface area contributed by atoms with Crippen molar-refractivity contribution in [3.8, 4) is 11.4 Å². The molecule has 0 aliphatic rings. The van der Waals surface area contributed by atoms with Crippen LogP contribution in [0.3, 0.4) is 0 Å². The maximum atomic E-state index is 12.5. The van der Waals surface area contributed by atoms with Gasteiger partial charge in [-0.05, 0) is 48.7 Å². The predicted octanol–water partition coefficient (Wildman–Crippen LogP) is 4.11. The van der Waals surface area contributed by atoms with E-state index in [1.54, 1.807) is 7.11 Å². The van der Waals surface area contributed by atoms with Gasteiger partial charge in [-0.2, -0.15) is 0 Å². The molecule has 0 fully saturated rings. The van der Waals surface area contributed by atoms with Crippen LogP contribution in [0.25, 0.3) is 16.9 Å². The number of nitrogens with zero attached hydrogens (tertiary/aromatic N) is 3. The molecule has 6 nitrogen and oxygen atoms in total. The fourth-order valence-electron chi connectivity index (χ4n) is 2.76. The number of hydrogen-bond acceptors (Lipinski definition) is 4. The highest BCUT2D eigenvalue weighted by Gasteiger charge is 2.20. The van der Waals surface area contributed by atoms with Crippen molar-refractivity contribution in [2.45, 2.75) is 34.1 Å². The lowest BCUT2D eigenvalue weighted by molar-refractivity contribution is -0.117. The minimum absolute atomic E-state index is 0.0701. The Morgan fingerprint density at radius 1 is 1.12 bits per heavy atom.